The van der Waals surface area contributed by atoms with E-state index in [2.05, 4.69) is 45.6 Å². The number of rotatable bonds is 3. The van der Waals surface area contributed by atoms with Crippen molar-refractivity contribution in [2.24, 2.45) is 4.99 Å². The van der Waals surface area contributed by atoms with Crippen LogP contribution in [0.1, 0.15) is 37.3 Å². The smallest absolute Gasteiger partial charge is 0.328 e. The summed E-state index contributed by atoms with van der Waals surface area (Å²) in [5.74, 6) is 0.745. The van der Waals surface area contributed by atoms with Crippen LogP contribution in [0.2, 0.25) is 0 Å². The number of carbonyl (C=O) groups is 1. The number of aromatic nitrogens is 2. The molecule has 2 aliphatic rings. The Bertz CT molecular complexity index is 1320. The molecule has 31 heavy (non-hydrogen) atoms. The average Bonchev–Trinajstić information content (AvgIpc) is 3.53. The first-order chi connectivity index (χ1) is 15.3. The molecule has 0 radical (unpaired) electrons. The lowest BCUT2D eigenvalue weighted by atomic mass is 10.00. The van der Waals surface area contributed by atoms with Crippen molar-refractivity contribution >= 4 is 39.4 Å². The highest BCUT2D eigenvalue weighted by atomic mass is 16.2. The number of amides is 2. The van der Waals surface area contributed by atoms with Gasteiger partial charge in [-0.05, 0) is 53.4 Å². The topological polar surface area (TPSA) is 73.4 Å². The van der Waals surface area contributed by atoms with E-state index in [4.69, 9.17) is 4.99 Å². The molecule has 1 saturated carbocycles. The van der Waals surface area contributed by atoms with Crippen LogP contribution in [-0.4, -0.2) is 27.9 Å². The highest BCUT2D eigenvalue weighted by Crippen LogP contribution is 2.35. The summed E-state index contributed by atoms with van der Waals surface area (Å²) < 4.78 is 0. The van der Waals surface area contributed by atoms with Gasteiger partial charge in [-0.2, -0.15) is 0 Å². The molecule has 154 valence electrons. The second-order valence-electron chi connectivity index (χ2n) is 8.37. The molecule has 1 aliphatic heterocycles. The van der Waals surface area contributed by atoms with Gasteiger partial charge in [0.15, 0.2) is 0 Å². The van der Waals surface area contributed by atoms with E-state index in [1.807, 2.05) is 35.2 Å². The number of imidazole rings is 1. The van der Waals surface area contributed by atoms with Crippen molar-refractivity contribution in [1.29, 1.82) is 0 Å². The largest absolute Gasteiger partial charge is 0.345 e. The molecule has 4 aromatic rings. The molecular weight excluding hydrogens is 386 g/mol. The summed E-state index contributed by atoms with van der Waals surface area (Å²) in [6, 6.07) is 20.4. The quantitative estimate of drug-likeness (QED) is 0.480. The Morgan fingerprint density at radius 2 is 1.81 bits per heavy atom. The van der Waals surface area contributed by atoms with Gasteiger partial charge < -0.3 is 4.98 Å². The number of H-pyrrole nitrogens is 1. The highest BCUT2D eigenvalue weighted by Gasteiger charge is 2.39. The van der Waals surface area contributed by atoms with Crippen molar-refractivity contribution in [3.8, 4) is 0 Å². The van der Waals surface area contributed by atoms with Crippen molar-refractivity contribution in [2.75, 3.05) is 4.90 Å². The minimum absolute atomic E-state index is 0.148. The number of aliphatic imine (C=N–C) groups is 1. The summed E-state index contributed by atoms with van der Waals surface area (Å²) in [5.41, 5.74) is 3.65. The number of nitrogens with one attached hydrogen (secondary N) is 2. The van der Waals surface area contributed by atoms with E-state index in [0.29, 0.717) is 0 Å². The second-order valence-corrected chi connectivity index (χ2v) is 8.37. The van der Waals surface area contributed by atoms with Crippen LogP contribution in [0.5, 0.6) is 0 Å². The highest BCUT2D eigenvalue weighted by molar-refractivity contribution is 6.17. The summed E-state index contributed by atoms with van der Waals surface area (Å²) >= 11 is 0. The standard InChI is InChI=1S/C25H23N5O/c31-25-29-24(28-19-7-3-4-8-19)23(18-10-9-16-5-1-2-6-17(16)13-18)30(25)20-11-12-21-22(14-20)27-15-26-21/h1-2,5-6,9-15,19,23H,3-4,7-8H2,(H,26,27)(H,28,29,31). The third-order valence-corrected chi connectivity index (χ3v) is 6.39. The number of benzene rings is 3. The molecule has 3 aromatic carbocycles. The number of amidine groups is 1. The van der Waals surface area contributed by atoms with Gasteiger partial charge in [-0.1, -0.05) is 49.2 Å². The molecule has 2 N–H and O–H groups in total. The molecule has 6 nitrogen and oxygen atoms in total. The van der Waals surface area contributed by atoms with Gasteiger partial charge in [0.05, 0.1) is 23.4 Å². The number of carbonyl (C=O) groups excluding carboxylic acids is 1. The molecule has 2 fully saturated rings. The molecule has 1 unspecified atom stereocenters. The molecule has 2 heterocycles. The number of aromatic amines is 1. The van der Waals surface area contributed by atoms with Gasteiger partial charge in [0.1, 0.15) is 11.9 Å². The Labute approximate surface area is 180 Å². The summed E-state index contributed by atoms with van der Waals surface area (Å²) in [4.78, 5) is 27.5. The lowest BCUT2D eigenvalue weighted by Crippen LogP contribution is -2.29. The van der Waals surface area contributed by atoms with Crippen LogP contribution in [0.15, 0.2) is 72.0 Å². The number of fused-ring (bicyclic) bond motifs is 2. The van der Waals surface area contributed by atoms with Crippen LogP contribution in [0.3, 0.4) is 0 Å². The van der Waals surface area contributed by atoms with E-state index in [9.17, 15) is 4.79 Å². The number of hydrogen-bond donors (Lipinski definition) is 2. The first-order valence-corrected chi connectivity index (χ1v) is 10.9. The Hall–Kier alpha value is -3.67. The fourth-order valence-corrected chi connectivity index (χ4v) is 4.83. The zero-order chi connectivity index (χ0) is 20.8. The number of urea groups is 1. The summed E-state index contributed by atoms with van der Waals surface area (Å²) in [5, 5.41) is 5.41. The fraction of sp³-hybridized carbons (Fsp3) is 0.240. The minimum atomic E-state index is -0.283. The molecule has 6 heteroatoms. The van der Waals surface area contributed by atoms with E-state index in [0.717, 1.165) is 46.3 Å². The molecule has 1 aromatic heterocycles. The maximum absolute atomic E-state index is 13.2. The van der Waals surface area contributed by atoms with Crippen LogP contribution in [0, 0.1) is 0 Å². The molecule has 0 bridgehead atoms. The molecule has 6 rings (SSSR count). The van der Waals surface area contributed by atoms with E-state index < -0.39 is 0 Å². The Balaban J connectivity index is 1.49. The summed E-state index contributed by atoms with van der Waals surface area (Å²) in [6.07, 6.45) is 6.25. The number of hydrogen-bond acceptors (Lipinski definition) is 3. The average molecular weight is 409 g/mol. The predicted molar refractivity (Wildman–Crippen MR) is 123 cm³/mol. The molecule has 2 amide bonds. The van der Waals surface area contributed by atoms with Crippen LogP contribution < -0.4 is 10.2 Å². The van der Waals surface area contributed by atoms with Crippen molar-refractivity contribution < 1.29 is 4.79 Å². The third-order valence-electron chi connectivity index (χ3n) is 6.39. The van der Waals surface area contributed by atoms with Gasteiger partial charge in [-0.25, -0.2) is 9.78 Å². The molecular formula is C25H23N5O. The van der Waals surface area contributed by atoms with Gasteiger partial charge >= 0.3 is 6.03 Å². The normalized spacial score (nSPS) is 20.9. The van der Waals surface area contributed by atoms with Gasteiger partial charge in [0.25, 0.3) is 0 Å². The van der Waals surface area contributed by atoms with Crippen LogP contribution >= 0.6 is 0 Å². The van der Waals surface area contributed by atoms with Gasteiger partial charge in [-0.3, -0.25) is 15.2 Å². The van der Waals surface area contributed by atoms with Crippen molar-refractivity contribution in [2.45, 2.75) is 37.8 Å². The molecule has 1 atom stereocenters. The predicted octanol–water partition coefficient (Wildman–Crippen LogP) is 5.33. The van der Waals surface area contributed by atoms with E-state index in [-0.39, 0.29) is 18.1 Å². The summed E-state index contributed by atoms with van der Waals surface area (Å²) in [7, 11) is 0. The van der Waals surface area contributed by atoms with E-state index in [1.165, 1.54) is 18.2 Å². The van der Waals surface area contributed by atoms with Gasteiger partial charge in [-0.15, -0.1) is 0 Å². The molecule has 1 aliphatic carbocycles. The van der Waals surface area contributed by atoms with Crippen molar-refractivity contribution in [3.63, 3.8) is 0 Å². The fourth-order valence-electron chi connectivity index (χ4n) is 4.83. The Morgan fingerprint density at radius 1 is 0.968 bits per heavy atom. The zero-order valence-corrected chi connectivity index (χ0v) is 17.1. The van der Waals surface area contributed by atoms with Gasteiger partial charge in [0, 0.05) is 5.69 Å². The number of nitrogens with zero attached hydrogens (tertiary/aromatic N) is 3. The van der Waals surface area contributed by atoms with Gasteiger partial charge in [0.2, 0.25) is 0 Å². The monoisotopic (exact) mass is 409 g/mol. The maximum atomic E-state index is 13.2. The van der Waals surface area contributed by atoms with E-state index in [1.54, 1.807) is 6.33 Å². The van der Waals surface area contributed by atoms with Crippen LogP contribution in [0.25, 0.3) is 21.8 Å². The maximum Gasteiger partial charge on any atom is 0.328 e. The molecule has 0 spiro atoms. The van der Waals surface area contributed by atoms with E-state index >= 15 is 0 Å². The van der Waals surface area contributed by atoms with Crippen molar-refractivity contribution in [3.05, 3.63) is 72.6 Å². The second kappa shape index (κ2) is 7.23. The minimum Gasteiger partial charge on any atom is -0.345 e. The van der Waals surface area contributed by atoms with Crippen molar-refractivity contribution in [1.82, 2.24) is 15.3 Å². The number of anilines is 1. The first kappa shape index (κ1) is 18.1. The SMILES string of the molecule is O=C1N/C(=N/C2CCCC2)C(c2ccc3ccccc3c2)N1c1ccc2[nH]cnc2c1. The first-order valence-electron chi connectivity index (χ1n) is 10.9. The van der Waals surface area contributed by atoms with Crippen LogP contribution in [0.4, 0.5) is 10.5 Å². The summed E-state index contributed by atoms with van der Waals surface area (Å²) in [6.45, 7) is 0. The zero-order valence-electron chi connectivity index (χ0n) is 17.1. The lowest BCUT2D eigenvalue weighted by molar-refractivity contribution is 0.252. The molecule has 1 saturated heterocycles. The Kier molecular flexibility index (Phi) is 4.23. The lowest BCUT2D eigenvalue weighted by Gasteiger charge is -2.24. The third kappa shape index (κ3) is 3.15. The Morgan fingerprint density at radius 3 is 2.68 bits per heavy atom. The van der Waals surface area contributed by atoms with Crippen LogP contribution in [-0.2, 0) is 0 Å².